The van der Waals surface area contributed by atoms with Crippen molar-refractivity contribution in [2.24, 2.45) is 11.8 Å². The molecule has 0 aliphatic carbocycles. The van der Waals surface area contributed by atoms with Crippen molar-refractivity contribution in [2.75, 3.05) is 0 Å². The lowest BCUT2D eigenvalue weighted by atomic mass is 9.88. The van der Waals surface area contributed by atoms with Gasteiger partial charge in [-0.1, -0.05) is 59.8 Å². The number of rotatable bonds is 38. The Balaban J connectivity index is 4.39. The molecule has 0 N–H and O–H groups in total. The molecule has 0 rings (SSSR count). The SMILES string of the molecule is CCCCC(=O)CCC(CCCC(=O)CCCCCC(=O)CCCC(CCC(=O)CCCC)CCC(=O)CCCC)CCC(=O)CCCC. The summed E-state index contributed by atoms with van der Waals surface area (Å²) in [6.45, 7) is 8.38. The van der Waals surface area contributed by atoms with Gasteiger partial charge in [0.2, 0.25) is 0 Å². The molecule has 0 unspecified atom stereocenters. The number of carbonyl (C=O) groups excluding carboxylic acids is 6. The van der Waals surface area contributed by atoms with Crippen LogP contribution < -0.4 is 0 Å². The van der Waals surface area contributed by atoms with Crippen LogP contribution in [0.25, 0.3) is 0 Å². The van der Waals surface area contributed by atoms with Gasteiger partial charge >= 0.3 is 0 Å². The first-order valence-corrected chi connectivity index (χ1v) is 20.7. The predicted octanol–water partition coefficient (Wildman–Crippen LogP) is 11.8. The molecule has 0 aromatic rings. The molecule has 0 heterocycles. The van der Waals surface area contributed by atoms with Crippen LogP contribution in [0.3, 0.4) is 0 Å². The molecule has 0 amide bonds. The Hall–Kier alpha value is -1.98. The molecule has 0 saturated heterocycles. The summed E-state index contributed by atoms with van der Waals surface area (Å²) in [6.07, 6.45) is 24.2. The van der Waals surface area contributed by atoms with Gasteiger partial charge in [-0.25, -0.2) is 0 Å². The Labute approximate surface area is 301 Å². The molecule has 0 aromatic heterocycles. The predicted molar refractivity (Wildman–Crippen MR) is 203 cm³/mol. The fourth-order valence-electron chi connectivity index (χ4n) is 6.57. The van der Waals surface area contributed by atoms with E-state index in [1.165, 1.54) is 0 Å². The number of hydrogen-bond acceptors (Lipinski definition) is 6. The summed E-state index contributed by atoms with van der Waals surface area (Å²) in [5.74, 6) is 2.48. The Kier molecular flexibility index (Phi) is 31.8. The van der Waals surface area contributed by atoms with E-state index < -0.39 is 0 Å². The van der Waals surface area contributed by atoms with Gasteiger partial charge in [-0.15, -0.1) is 0 Å². The van der Waals surface area contributed by atoms with E-state index in [2.05, 4.69) is 27.7 Å². The fraction of sp³-hybridized carbons (Fsp3) is 0.860. The summed E-state index contributed by atoms with van der Waals surface area (Å²) in [6, 6.07) is 0. The van der Waals surface area contributed by atoms with E-state index in [0.29, 0.717) is 112 Å². The van der Waals surface area contributed by atoms with E-state index in [0.717, 1.165) is 122 Å². The second-order valence-electron chi connectivity index (χ2n) is 14.9. The molecule has 0 aliphatic rings. The largest absolute Gasteiger partial charge is 0.300 e. The highest BCUT2D eigenvalue weighted by atomic mass is 16.1. The van der Waals surface area contributed by atoms with Gasteiger partial charge < -0.3 is 0 Å². The van der Waals surface area contributed by atoms with Gasteiger partial charge in [0.25, 0.3) is 0 Å². The van der Waals surface area contributed by atoms with E-state index in [1.807, 2.05) is 0 Å². The summed E-state index contributed by atoms with van der Waals surface area (Å²) in [4.78, 5) is 74.1. The molecule has 0 radical (unpaired) electrons. The van der Waals surface area contributed by atoms with Crippen molar-refractivity contribution in [1.82, 2.24) is 0 Å². The summed E-state index contributed by atoms with van der Waals surface area (Å²) in [5, 5.41) is 0. The van der Waals surface area contributed by atoms with Gasteiger partial charge in [-0.3, -0.25) is 28.8 Å². The van der Waals surface area contributed by atoms with Crippen molar-refractivity contribution >= 4 is 34.7 Å². The monoisotopic (exact) mass is 689 g/mol. The quantitative estimate of drug-likeness (QED) is 0.0598. The molecule has 0 spiro atoms. The number of ketones is 6. The van der Waals surface area contributed by atoms with Crippen LogP contribution in [0.2, 0.25) is 0 Å². The lowest BCUT2D eigenvalue weighted by Crippen LogP contribution is -2.09. The van der Waals surface area contributed by atoms with E-state index in [1.54, 1.807) is 0 Å². The zero-order chi connectivity index (χ0) is 36.5. The number of hydrogen-bond donors (Lipinski definition) is 0. The second kappa shape index (κ2) is 33.2. The number of unbranched alkanes of at least 4 members (excludes halogenated alkanes) is 6. The molecule has 49 heavy (non-hydrogen) atoms. The molecular formula is C43H76O6. The minimum absolute atomic E-state index is 0.274. The second-order valence-corrected chi connectivity index (χ2v) is 14.9. The Morgan fingerprint density at radius 2 is 0.490 bits per heavy atom. The van der Waals surface area contributed by atoms with Gasteiger partial charge in [0.05, 0.1) is 0 Å². The topological polar surface area (TPSA) is 102 Å². The Morgan fingerprint density at radius 3 is 0.755 bits per heavy atom. The standard InChI is InChI=1S/C43H76O6/c1-5-9-20-40(46)32-28-36(29-33-41(47)21-10-6-2)18-16-26-38(44)24-14-13-15-25-39(45)27-17-19-37(30-34-42(48)22-11-7-3)31-35-43(49)23-12-8-4/h36-37H,5-35H2,1-4H3. The Bertz CT molecular complexity index is 786. The maximum Gasteiger partial charge on any atom is 0.132 e. The molecule has 0 aliphatic heterocycles. The maximum absolute atomic E-state index is 12.6. The summed E-state index contributed by atoms with van der Waals surface area (Å²) in [5.41, 5.74) is 0. The normalized spacial score (nSPS) is 11.4. The average molecular weight is 689 g/mol. The molecule has 0 bridgehead atoms. The van der Waals surface area contributed by atoms with Crippen molar-refractivity contribution < 1.29 is 28.8 Å². The van der Waals surface area contributed by atoms with Crippen molar-refractivity contribution in [2.45, 2.75) is 227 Å². The first kappa shape index (κ1) is 47.0. The van der Waals surface area contributed by atoms with Crippen molar-refractivity contribution in [3.05, 3.63) is 0 Å². The summed E-state index contributed by atoms with van der Waals surface area (Å²) >= 11 is 0. The lowest BCUT2D eigenvalue weighted by molar-refractivity contribution is -0.121. The highest BCUT2D eigenvalue weighted by Gasteiger charge is 2.16. The highest BCUT2D eigenvalue weighted by Crippen LogP contribution is 2.24. The molecular weight excluding hydrogens is 612 g/mol. The van der Waals surface area contributed by atoms with Crippen LogP contribution >= 0.6 is 0 Å². The fourth-order valence-corrected chi connectivity index (χ4v) is 6.57. The molecule has 0 aromatic carbocycles. The molecule has 6 nitrogen and oxygen atoms in total. The van der Waals surface area contributed by atoms with Crippen LogP contribution in [-0.4, -0.2) is 34.7 Å². The molecule has 284 valence electrons. The number of Topliss-reactive ketones (excluding diaryl/α,β-unsaturated/α-hetero) is 6. The minimum atomic E-state index is 0.274. The number of carbonyl (C=O) groups is 6. The Morgan fingerprint density at radius 1 is 0.265 bits per heavy atom. The summed E-state index contributed by atoms with van der Waals surface area (Å²) in [7, 11) is 0. The average Bonchev–Trinajstić information content (AvgIpc) is 3.09. The van der Waals surface area contributed by atoms with Crippen LogP contribution in [0.4, 0.5) is 0 Å². The first-order valence-electron chi connectivity index (χ1n) is 20.7. The van der Waals surface area contributed by atoms with Crippen LogP contribution in [0.1, 0.15) is 227 Å². The lowest BCUT2D eigenvalue weighted by Gasteiger charge is -2.16. The smallest absolute Gasteiger partial charge is 0.132 e. The molecule has 6 heteroatoms. The molecule has 0 saturated carbocycles. The third-order valence-electron chi connectivity index (χ3n) is 10.1. The molecule has 0 atom stereocenters. The van der Waals surface area contributed by atoms with E-state index >= 15 is 0 Å². The molecule has 0 fully saturated rings. The van der Waals surface area contributed by atoms with Gasteiger partial charge in [-0.2, -0.15) is 0 Å². The highest BCUT2D eigenvalue weighted by molar-refractivity contribution is 5.80. The summed E-state index contributed by atoms with van der Waals surface area (Å²) < 4.78 is 0. The van der Waals surface area contributed by atoms with Crippen LogP contribution in [-0.2, 0) is 28.8 Å². The zero-order valence-corrected chi connectivity index (χ0v) is 32.5. The zero-order valence-electron chi connectivity index (χ0n) is 32.5. The van der Waals surface area contributed by atoms with Crippen LogP contribution in [0.15, 0.2) is 0 Å². The van der Waals surface area contributed by atoms with E-state index in [-0.39, 0.29) is 11.6 Å². The van der Waals surface area contributed by atoms with E-state index in [4.69, 9.17) is 0 Å². The van der Waals surface area contributed by atoms with Crippen molar-refractivity contribution in [3.63, 3.8) is 0 Å². The van der Waals surface area contributed by atoms with Gasteiger partial charge in [0.15, 0.2) is 0 Å². The minimum Gasteiger partial charge on any atom is -0.300 e. The van der Waals surface area contributed by atoms with Crippen LogP contribution in [0, 0.1) is 11.8 Å². The van der Waals surface area contributed by atoms with Crippen molar-refractivity contribution in [3.8, 4) is 0 Å². The maximum atomic E-state index is 12.6. The van der Waals surface area contributed by atoms with Gasteiger partial charge in [0, 0.05) is 77.0 Å². The first-order chi connectivity index (χ1) is 23.6. The van der Waals surface area contributed by atoms with E-state index in [9.17, 15) is 28.8 Å². The van der Waals surface area contributed by atoms with Crippen LogP contribution in [0.5, 0.6) is 0 Å². The van der Waals surface area contributed by atoms with Gasteiger partial charge in [0.1, 0.15) is 34.7 Å². The third-order valence-corrected chi connectivity index (χ3v) is 10.1. The third kappa shape index (κ3) is 30.6. The van der Waals surface area contributed by atoms with Crippen molar-refractivity contribution in [1.29, 1.82) is 0 Å². The van der Waals surface area contributed by atoms with Gasteiger partial charge in [-0.05, 0) is 102 Å².